The fourth-order valence-corrected chi connectivity index (χ4v) is 8.86. The van der Waals surface area contributed by atoms with Crippen molar-refractivity contribution < 1.29 is 4.42 Å². The summed E-state index contributed by atoms with van der Waals surface area (Å²) in [6.07, 6.45) is 0. The van der Waals surface area contributed by atoms with Gasteiger partial charge in [-0.3, -0.25) is 4.57 Å². The predicted octanol–water partition coefficient (Wildman–Crippen LogP) is 12.7. The Bertz CT molecular complexity index is 3010. The van der Waals surface area contributed by atoms with Gasteiger partial charge in [0, 0.05) is 53.1 Å². The summed E-state index contributed by atoms with van der Waals surface area (Å²) in [4.78, 5) is 0. The van der Waals surface area contributed by atoms with Crippen molar-refractivity contribution in [3.63, 3.8) is 0 Å². The highest BCUT2D eigenvalue weighted by Crippen LogP contribution is 2.42. The molecule has 0 amide bonds. The van der Waals surface area contributed by atoms with Gasteiger partial charge in [0.2, 0.25) is 5.71 Å². The van der Waals surface area contributed by atoms with Gasteiger partial charge in [-0.05, 0) is 83.9 Å². The first-order chi connectivity index (χ1) is 23.8. The van der Waals surface area contributed by atoms with Crippen molar-refractivity contribution in [3.8, 4) is 22.5 Å². The van der Waals surface area contributed by atoms with Crippen LogP contribution in [0.4, 0.5) is 0 Å². The van der Waals surface area contributed by atoms with Crippen molar-refractivity contribution in [2.24, 2.45) is 0 Å². The number of benzene rings is 7. The van der Waals surface area contributed by atoms with E-state index < -0.39 is 0 Å². The average Bonchev–Trinajstić information content (AvgIpc) is 3.88. The van der Waals surface area contributed by atoms with E-state index in [9.17, 15) is 0 Å². The molecule has 3 nitrogen and oxygen atoms in total. The zero-order valence-electron chi connectivity index (χ0n) is 25.7. The van der Waals surface area contributed by atoms with Crippen LogP contribution in [-0.2, 0) is 0 Å². The van der Waals surface area contributed by atoms with Crippen LogP contribution in [0.5, 0.6) is 0 Å². The molecule has 0 atom stereocenters. The fourth-order valence-electron chi connectivity index (χ4n) is 7.79. The summed E-state index contributed by atoms with van der Waals surface area (Å²) in [7, 11) is 0. The molecule has 11 aromatic rings. The molecule has 0 spiro atoms. The van der Waals surface area contributed by atoms with Gasteiger partial charge in [0.15, 0.2) is 0 Å². The van der Waals surface area contributed by atoms with E-state index >= 15 is 0 Å². The summed E-state index contributed by atoms with van der Waals surface area (Å²) in [5, 5.41) is 8.62. The molecule has 0 N–H and O–H groups in total. The number of hydrogen-bond donors (Lipinski definition) is 0. The molecule has 0 aliphatic carbocycles. The Morgan fingerprint density at radius 2 is 0.958 bits per heavy atom. The second-order valence-electron chi connectivity index (χ2n) is 12.5. The van der Waals surface area contributed by atoms with Gasteiger partial charge >= 0.3 is 0 Å². The van der Waals surface area contributed by atoms with Crippen LogP contribution in [0, 0.1) is 0 Å². The maximum atomic E-state index is 6.60. The van der Waals surface area contributed by atoms with E-state index in [0.717, 1.165) is 33.3 Å². The molecule has 0 radical (unpaired) electrons. The SMILES string of the molecule is c1ccc(-n2c3ccccc3c3c4cc(-c5ccc6sc7ccc(-n8c9ccccc9c9ccccc98)cc7c6c5)ccc4oc32)cc1. The Hall–Kier alpha value is -6.10. The van der Waals surface area contributed by atoms with Crippen molar-refractivity contribution in [2.45, 2.75) is 0 Å². The summed E-state index contributed by atoms with van der Waals surface area (Å²) in [6.45, 7) is 0. The maximum absolute atomic E-state index is 6.60. The van der Waals surface area contributed by atoms with E-state index in [-0.39, 0.29) is 0 Å². The number of furan rings is 1. The third-order valence-corrected chi connectivity index (χ3v) is 11.1. The van der Waals surface area contributed by atoms with Crippen molar-refractivity contribution in [2.75, 3.05) is 0 Å². The van der Waals surface area contributed by atoms with Gasteiger partial charge in [-0.15, -0.1) is 11.3 Å². The zero-order chi connectivity index (χ0) is 31.3. The first-order valence-electron chi connectivity index (χ1n) is 16.3. The Labute approximate surface area is 279 Å². The molecule has 4 heteroatoms. The van der Waals surface area contributed by atoms with Crippen LogP contribution < -0.4 is 0 Å². The topological polar surface area (TPSA) is 23.0 Å². The average molecular weight is 631 g/mol. The fraction of sp³-hybridized carbons (Fsp3) is 0. The normalized spacial score (nSPS) is 12.2. The maximum Gasteiger partial charge on any atom is 0.213 e. The van der Waals surface area contributed by atoms with Gasteiger partial charge in [0.1, 0.15) is 5.58 Å². The lowest BCUT2D eigenvalue weighted by atomic mass is 10.0. The molecule has 4 heterocycles. The first-order valence-corrected chi connectivity index (χ1v) is 17.1. The van der Waals surface area contributed by atoms with E-state index in [2.05, 4.69) is 167 Å². The lowest BCUT2D eigenvalue weighted by molar-refractivity contribution is 0.645. The van der Waals surface area contributed by atoms with Crippen LogP contribution in [-0.4, -0.2) is 9.13 Å². The van der Waals surface area contributed by atoms with Gasteiger partial charge in [-0.25, -0.2) is 0 Å². The van der Waals surface area contributed by atoms with Crippen molar-refractivity contribution in [1.29, 1.82) is 0 Å². The Balaban J connectivity index is 1.10. The predicted molar refractivity (Wildman–Crippen MR) is 203 cm³/mol. The lowest BCUT2D eigenvalue weighted by Crippen LogP contribution is -1.93. The summed E-state index contributed by atoms with van der Waals surface area (Å²) in [5.41, 5.74) is 10.0. The summed E-state index contributed by atoms with van der Waals surface area (Å²) in [5.74, 6) is 0. The molecule has 0 fully saturated rings. The minimum atomic E-state index is 0.881. The van der Waals surface area contributed by atoms with E-state index in [1.54, 1.807) is 0 Å². The Morgan fingerprint density at radius 1 is 0.396 bits per heavy atom. The van der Waals surface area contributed by atoms with Crippen molar-refractivity contribution in [3.05, 3.63) is 158 Å². The number of rotatable bonds is 3. The quantitative estimate of drug-likeness (QED) is 0.190. The van der Waals surface area contributed by atoms with Crippen LogP contribution in [0.15, 0.2) is 162 Å². The molecular formula is C44H26N2OS. The van der Waals surface area contributed by atoms with E-state index in [4.69, 9.17) is 4.42 Å². The Morgan fingerprint density at radius 3 is 1.69 bits per heavy atom. The highest BCUT2D eigenvalue weighted by Gasteiger charge is 2.20. The molecule has 0 aliphatic rings. The largest absolute Gasteiger partial charge is 0.439 e. The number of aromatic nitrogens is 2. The summed E-state index contributed by atoms with van der Waals surface area (Å²) < 4.78 is 13.8. The summed E-state index contributed by atoms with van der Waals surface area (Å²) >= 11 is 1.86. The second kappa shape index (κ2) is 9.71. The van der Waals surface area contributed by atoms with Crippen LogP contribution >= 0.6 is 11.3 Å². The molecule has 4 aromatic heterocycles. The second-order valence-corrected chi connectivity index (χ2v) is 13.6. The van der Waals surface area contributed by atoms with E-state index in [0.29, 0.717) is 0 Å². The smallest absolute Gasteiger partial charge is 0.213 e. The van der Waals surface area contributed by atoms with Crippen LogP contribution in [0.3, 0.4) is 0 Å². The van der Waals surface area contributed by atoms with E-state index in [1.165, 1.54) is 64.2 Å². The molecule has 48 heavy (non-hydrogen) atoms. The number of hydrogen-bond acceptors (Lipinski definition) is 2. The molecule has 224 valence electrons. The first kappa shape index (κ1) is 26.0. The molecule has 0 bridgehead atoms. The number of thiophene rings is 1. The van der Waals surface area contributed by atoms with Crippen LogP contribution in [0.2, 0.25) is 0 Å². The minimum absolute atomic E-state index is 0.881. The lowest BCUT2D eigenvalue weighted by Gasteiger charge is -2.08. The van der Waals surface area contributed by atoms with Gasteiger partial charge in [0.25, 0.3) is 0 Å². The molecule has 0 aliphatic heterocycles. The van der Waals surface area contributed by atoms with Gasteiger partial charge < -0.3 is 8.98 Å². The van der Waals surface area contributed by atoms with Gasteiger partial charge in [0.05, 0.1) is 21.9 Å². The van der Waals surface area contributed by atoms with Crippen LogP contribution in [0.1, 0.15) is 0 Å². The molecule has 0 saturated carbocycles. The monoisotopic (exact) mass is 630 g/mol. The number of para-hydroxylation sites is 4. The molecule has 0 unspecified atom stereocenters. The van der Waals surface area contributed by atoms with Crippen LogP contribution in [0.25, 0.3) is 97.5 Å². The highest BCUT2D eigenvalue weighted by molar-refractivity contribution is 7.25. The third-order valence-electron chi connectivity index (χ3n) is 9.93. The number of nitrogens with zero attached hydrogens (tertiary/aromatic N) is 2. The minimum Gasteiger partial charge on any atom is -0.439 e. The third kappa shape index (κ3) is 3.58. The molecule has 11 rings (SSSR count). The van der Waals surface area contributed by atoms with Gasteiger partial charge in [-0.1, -0.05) is 84.9 Å². The summed E-state index contributed by atoms with van der Waals surface area (Å²) in [6, 6.07) is 57.0. The molecule has 7 aromatic carbocycles. The molecule has 0 saturated heterocycles. The number of fused-ring (bicyclic) bond motifs is 11. The van der Waals surface area contributed by atoms with Crippen molar-refractivity contribution in [1.82, 2.24) is 9.13 Å². The standard InChI is InChI=1S/C44H26N2OS/c1-2-10-29(11-3-1)46-39-17-9-6-14-33(39)43-36-25-27(18-21-40(36)47-44(43)46)28-19-22-41-34(24-28)35-26-30(20-23-42(35)48-41)45-37-15-7-4-12-31(37)32-13-5-8-16-38(32)45/h1-26H. The zero-order valence-corrected chi connectivity index (χ0v) is 26.5. The van der Waals surface area contributed by atoms with Crippen molar-refractivity contribution >= 4 is 86.3 Å². The highest BCUT2D eigenvalue weighted by atomic mass is 32.1. The molecular weight excluding hydrogens is 605 g/mol. The van der Waals surface area contributed by atoms with Gasteiger partial charge in [-0.2, -0.15) is 0 Å². The Kier molecular flexibility index (Phi) is 5.26. The van der Waals surface area contributed by atoms with E-state index in [1.807, 2.05) is 11.3 Å².